The van der Waals surface area contributed by atoms with Crippen LogP contribution in [0.15, 0.2) is 73.4 Å². The summed E-state index contributed by atoms with van der Waals surface area (Å²) in [6.07, 6.45) is 15.0. The van der Waals surface area contributed by atoms with Crippen molar-refractivity contribution < 1.29 is 35.4 Å². The van der Waals surface area contributed by atoms with Gasteiger partial charge in [0.05, 0.1) is 18.8 Å². The molecule has 1 aliphatic heterocycles. The highest BCUT2D eigenvalue weighted by molar-refractivity contribution is 5.11. The van der Waals surface area contributed by atoms with Crippen LogP contribution in [0.25, 0.3) is 0 Å². The number of hydrogen-bond acceptors (Lipinski definition) is 7. The number of hydrogen-bond donors (Lipinski definition) is 6. The van der Waals surface area contributed by atoms with Gasteiger partial charge in [0, 0.05) is 6.42 Å². The minimum absolute atomic E-state index is 0.0816. The Kier molecular flexibility index (Phi) is 14.8. The second-order valence-corrected chi connectivity index (χ2v) is 7.65. The normalized spacial score (nSPS) is 27.8. The number of rotatable bonds is 14. The molecule has 180 valence electrons. The topological polar surface area (TPSA) is 131 Å². The molecule has 0 unspecified atom stereocenters. The molecule has 7 atom stereocenters. The molecule has 0 saturated carbocycles. The molecule has 32 heavy (non-hydrogen) atoms. The fourth-order valence-electron chi connectivity index (χ4n) is 3.18. The molecule has 0 aromatic carbocycles. The summed E-state index contributed by atoms with van der Waals surface area (Å²) in [5, 5.41) is 59.3. The Hall–Kier alpha value is -1.84. The molecule has 1 fully saturated rings. The molecule has 7 nitrogen and oxygen atoms in total. The molecule has 0 radical (unpaired) electrons. The minimum atomic E-state index is -1.50. The van der Waals surface area contributed by atoms with Crippen LogP contribution in [0, 0.1) is 0 Å². The second-order valence-electron chi connectivity index (χ2n) is 7.65. The number of aliphatic hydroxyl groups excluding tert-OH is 6. The van der Waals surface area contributed by atoms with E-state index in [-0.39, 0.29) is 6.42 Å². The van der Waals surface area contributed by atoms with Gasteiger partial charge in [-0.3, -0.25) is 0 Å². The summed E-state index contributed by atoms with van der Waals surface area (Å²) in [6.45, 7) is 3.04. The van der Waals surface area contributed by atoms with Crippen molar-refractivity contribution in [3.63, 3.8) is 0 Å². The molecule has 0 spiro atoms. The van der Waals surface area contributed by atoms with Gasteiger partial charge >= 0.3 is 0 Å². The average Bonchev–Trinajstić information content (AvgIpc) is 2.79. The van der Waals surface area contributed by atoms with Crippen LogP contribution in [0.5, 0.6) is 0 Å². The number of unbranched alkanes of at least 4 members (excludes halogenated alkanes) is 2. The zero-order valence-corrected chi connectivity index (χ0v) is 18.4. The van der Waals surface area contributed by atoms with E-state index >= 15 is 0 Å². The summed E-state index contributed by atoms with van der Waals surface area (Å²) >= 11 is 0. The number of allylic oxidation sites excluding steroid dienone is 10. The van der Waals surface area contributed by atoms with Crippen LogP contribution in [-0.4, -0.2) is 80.0 Å². The van der Waals surface area contributed by atoms with E-state index in [1.807, 2.05) is 36.5 Å². The van der Waals surface area contributed by atoms with Crippen LogP contribution < -0.4 is 0 Å². The minimum Gasteiger partial charge on any atom is -0.394 e. The van der Waals surface area contributed by atoms with E-state index < -0.39 is 49.3 Å². The number of ether oxygens (including phenoxy) is 1. The third-order valence-electron chi connectivity index (χ3n) is 5.05. The molecule has 1 heterocycles. The average molecular weight is 451 g/mol. The van der Waals surface area contributed by atoms with Crippen LogP contribution in [0.3, 0.4) is 0 Å². The van der Waals surface area contributed by atoms with Gasteiger partial charge in [-0.2, -0.15) is 0 Å². The predicted octanol–water partition coefficient (Wildman–Crippen LogP) is 1.47. The van der Waals surface area contributed by atoms with E-state index in [9.17, 15) is 25.5 Å². The fraction of sp³-hybridized carbons (Fsp3) is 0.520. The monoisotopic (exact) mass is 450 g/mol. The highest BCUT2D eigenvalue weighted by Crippen LogP contribution is 2.26. The lowest BCUT2D eigenvalue weighted by molar-refractivity contribution is -0.229. The molecule has 0 amide bonds. The van der Waals surface area contributed by atoms with Crippen molar-refractivity contribution in [2.45, 2.75) is 74.8 Å². The SMILES string of the molecule is C=C/C=C/CC/C=C/C=C/C=C/CC/C=C/[C@@H](O)[C@H](O)[C@@H]1O[C@H]([C@H](O)CO)C[C@@H](O)[C@H]1O. The lowest BCUT2D eigenvalue weighted by Gasteiger charge is -2.41. The lowest BCUT2D eigenvalue weighted by atomic mass is 9.90. The van der Waals surface area contributed by atoms with Gasteiger partial charge in [-0.05, 0) is 25.7 Å². The summed E-state index contributed by atoms with van der Waals surface area (Å²) < 4.78 is 5.43. The zero-order chi connectivity index (χ0) is 23.8. The molecule has 0 aliphatic carbocycles. The molecule has 7 heteroatoms. The fourth-order valence-corrected chi connectivity index (χ4v) is 3.18. The highest BCUT2D eigenvalue weighted by atomic mass is 16.5. The van der Waals surface area contributed by atoms with E-state index in [1.165, 1.54) is 6.08 Å². The van der Waals surface area contributed by atoms with E-state index in [4.69, 9.17) is 9.84 Å². The van der Waals surface area contributed by atoms with E-state index in [0.29, 0.717) is 6.42 Å². The Morgan fingerprint density at radius 2 is 1.41 bits per heavy atom. The van der Waals surface area contributed by atoms with Crippen LogP contribution in [0.4, 0.5) is 0 Å². The maximum absolute atomic E-state index is 10.3. The molecule has 1 saturated heterocycles. The van der Waals surface area contributed by atoms with Gasteiger partial charge in [0.25, 0.3) is 0 Å². The van der Waals surface area contributed by atoms with Gasteiger partial charge in [0.2, 0.25) is 0 Å². The van der Waals surface area contributed by atoms with Gasteiger partial charge in [0.1, 0.15) is 30.5 Å². The largest absolute Gasteiger partial charge is 0.394 e. The Morgan fingerprint density at radius 3 is 1.97 bits per heavy atom. The van der Waals surface area contributed by atoms with Crippen LogP contribution in [-0.2, 0) is 4.74 Å². The summed E-state index contributed by atoms with van der Waals surface area (Å²) in [7, 11) is 0. The summed E-state index contributed by atoms with van der Waals surface area (Å²) in [5.74, 6) is 0. The molecular weight excluding hydrogens is 412 g/mol. The number of aliphatic hydroxyl groups is 6. The van der Waals surface area contributed by atoms with E-state index in [0.717, 1.165) is 19.3 Å². The van der Waals surface area contributed by atoms with Crippen molar-refractivity contribution in [2.24, 2.45) is 0 Å². The first kappa shape index (κ1) is 28.2. The van der Waals surface area contributed by atoms with Crippen molar-refractivity contribution in [2.75, 3.05) is 6.61 Å². The third kappa shape index (κ3) is 10.7. The molecule has 1 rings (SSSR count). The molecule has 0 bridgehead atoms. The predicted molar refractivity (Wildman–Crippen MR) is 125 cm³/mol. The molecule has 0 aromatic heterocycles. The first-order chi connectivity index (χ1) is 15.4. The van der Waals surface area contributed by atoms with E-state index in [2.05, 4.69) is 18.7 Å². The van der Waals surface area contributed by atoms with E-state index in [1.54, 1.807) is 12.2 Å². The molecule has 1 aliphatic rings. The molecular formula is C25H38O7. The van der Waals surface area contributed by atoms with Crippen LogP contribution >= 0.6 is 0 Å². The zero-order valence-electron chi connectivity index (χ0n) is 18.4. The van der Waals surface area contributed by atoms with Crippen molar-refractivity contribution in [3.05, 3.63) is 73.4 Å². The molecule has 6 N–H and O–H groups in total. The van der Waals surface area contributed by atoms with Crippen molar-refractivity contribution in [1.29, 1.82) is 0 Å². The summed E-state index contributed by atoms with van der Waals surface area (Å²) in [5.41, 5.74) is 0. The van der Waals surface area contributed by atoms with Crippen molar-refractivity contribution >= 4 is 0 Å². The standard InChI is InChI=1S/C25H38O7/c1-2-3-4-5-6-7-8-9-10-11-12-13-14-15-16-19(27)23(30)25-24(31)20(28)17-22(32-25)21(29)18-26/h2-4,7-12,15-16,19-31H,1,5-6,13-14,17-18H2/b4-3+,8-7+,10-9+,12-11+,16-15+/t19-,20-,21-,22+,23+,24-,25+/m1/s1. The van der Waals surface area contributed by atoms with Crippen molar-refractivity contribution in [1.82, 2.24) is 0 Å². The third-order valence-corrected chi connectivity index (χ3v) is 5.05. The van der Waals surface area contributed by atoms with Gasteiger partial charge in [-0.25, -0.2) is 0 Å². The second kappa shape index (κ2) is 16.7. The molecule has 0 aromatic rings. The van der Waals surface area contributed by atoms with Crippen LogP contribution in [0.1, 0.15) is 32.1 Å². The Balaban J connectivity index is 2.36. The highest BCUT2D eigenvalue weighted by Gasteiger charge is 2.44. The Bertz CT molecular complexity index is 653. The van der Waals surface area contributed by atoms with Gasteiger partial charge in [0.15, 0.2) is 0 Å². The maximum atomic E-state index is 10.3. The quantitative estimate of drug-likeness (QED) is 0.134. The Labute approximate surface area is 190 Å². The Morgan fingerprint density at radius 1 is 0.844 bits per heavy atom. The summed E-state index contributed by atoms with van der Waals surface area (Å²) in [4.78, 5) is 0. The van der Waals surface area contributed by atoms with Gasteiger partial charge in [-0.1, -0.05) is 73.4 Å². The smallest absolute Gasteiger partial charge is 0.115 e. The lowest BCUT2D eigenvalue weighted by Crippen LogP contribution is -2.58. The van der Waals surface area contributed by atoms with Crippen molar-refractivity contribution in [3.8, 4) is 0 Å². The first-order valence-electron chi connectivity index (χ1n) is 11.0. The maximum Gasteiger partial charge on any atom is 0.115 e. The van der Waals surface area contributed by atoms with Gasteiger partial charge < -0.3 is 35.4 Å². The van der Waals surface area contributed by atoms with Gasteiger partial charge in [-0.15, -0.1) is 0 Å². The van der Waals surface area contributed by atoms with Crippen LogP contribution in [0.2, 0.25) is 0 Å². The first-order valence-corrected chi connectivity index (χ1v) is 11.0. The summed E-state index contributed by atoms with van der Waals surface area (Å²) in [6, 6.07) is 0.